The molecule has 8 heteroatoms. The number of rotatable bonds is 5. The topological polar surface area (TPSA) is 61.6 Å². The zero-order valence-electron chi connectivity index (χ0n) is 20.5. The molecule has 1 aliphatic carbocycles. The summed E-state index contributed by atoms with van der Waals surface area (Å²) in [5.41, 5.74) is 4.17. The van der Waals surface area contributed by atoms with E-state index >= 15 is 0 Å². The molecule has 0 saturated heterocycles. The predicted octanol–water partition coefficient (Wildman–Crippen LogP) is 5.38. The minimum atomic E-state index is -0.170. The van der Waals surface area contributed by atoms with Crippen LogP contribution in [0.2, 0.25) is 0 Å². The zero-order valence-corrected chi connectivity index (χ0v) is 21.3. The number of guanidine groups is 1. The van der Waals surface area contributed by atoms with Crippen molar-refractivity contribution in [3.05, 3.63) is 102 Å². The lowest BCUT2D eigenvalue weighted by molar-refractivity contribution is 0.589. The Morgan fingerprint density at radius 2 is 1.62 bits per heavy atom. The Bertz CT molecular complexity index is 1440. The highest BCUT2D eigenvalue weighted by molar-refractivity contribution is 7.80. The molecule has 37 heavy (non-hydrogen) atoms. The number of thiocarbonyl (C=S) groups is 1. The number of fused-ring (bicyclic) bond motifs is 5. The van der Waals surface area contributed by atoms with Crippen LogP contribution >= 0.6 is 12.2 Å². The average molecular weight is 506 g/mol. The predicted molar refractivity (Wildman–Crippen MR) is 151 cm³/mol. The Morgan fingerprint density at radius 3 is 2.38 bits per heavy atom. The van der Waals surface area contributed by atoms with E-state index in [9.17, 15) is 0 Å². The second kappa shape index (κ2) is 8.81. The first-order valence-electron chi connectivity index (χ1n) is 12.8. The van der Waals surface area contributed by atoms with Crippen LogP contribution in [0.25, 0.3) is 0 Å². The van der Waals surface area contributed by atoms with Crippen molar-refractivity contribution in [1.82, 2.24) is 19.7 Å². The molecule has 2 aromatic heterocycles. The van der Waals surface area contributed by atoms with Gasteiger partial charge in [-0.1, -0.05) is 60.7 Å². The van der Waals surface area contributed by atoms with Gasteiger partial charge in [0, 0.05) is 25.1 Å². The van der Waals surface area contributed by atoms with E-state index in [1.54, 1.807) is 0 Å². The number of hydrogen-bond acceptors (Lipinski definition) is 6. The van der Waals surface area contributed by atoms with E-state index in [2.05, 4.69) is 73.3 Å². The number of nitrogens with one attached hydrogen (secondary N) is 1. The van der Waals surface area contributed by atoms with Crippen LogP contribution in [0.1, 0.15) is 42.0 Å². The lowest BCUT2D eigenvalue weighted by atomic mass is 9.99. The number of aliphatic imine (C=N–C) groups is 1. The molecule has 7 nitrogen and oxygen atoms in total. The van der Waals surface area contributed by atoms with E-state index in [0.717, 1.165) is 57.8 Å². The Morgan fingerprint density at radius 1 is 0.919 bits per heavy atom. The third-order valence-electron chi connectivity index (χ3n) is 7.63. The van der Waals surface area contributed by atoms with Crippen molar-refractivity contribution in [3.63, 3.8) is 0 Å². The average Bonchev–Trinajstić information content (AvgIpc) is 3.63. The molecule has 7 rings (SSSR count). The quantitative estimate of drug-likeness (QED) is 0.368. The highest BCUT2D eigenvalue weighted by Gasteiger charge is 2.48. The summed E-state index contributed by atoms with van der Waals surface area (Å²) in [5.74, 6) is 2.69. The molecule has 1 fully saturated rings. The normalized spacial score (nSPS) is 20.8. The van der Waals surface area contributed by atoms with Gasteiger partial charge in [-0.3, -0.25) is 9.88 Å². The van der Waals surface area contributed by atoms with E-state index in [4.69, 9.17) is 22.3 Å². The molecule has 4 aromatic rings. The molecule has 1 N–H and O–H groups in total. The van der Waals surface area contributed by atoms with Crippen molar-refractivity contribution in [2.24, 2.45) is 4.99 Å². The van der Waals surface area contributed by atoms with Gasteiger partial charge in [0.1, 0.15) is 16.8 Å². The number of hydrogen-bond donors (Lipinski definition) is 1. The van der Waals surface area contributed by atoms with Gasteiger partial charge in [0.25, 0.3) is 0 Å². The summed E-state index contributed by atoms with van der Waals surface area (Å²) >= 11 is 6.09. The van der Waals surface area contributed by atoms with Gasteiger partial charge in [-0.15, -0.1) is 0 Å². The lowest BCUT2D eigenvalue weighted by Gasteiger charge is -2.35. The van der Waals surface area contributed by atoms with E-state index in [-0.39, 0.29) is 6.04 Å². The van der Waals surface area contributed by atoms with Crippen molar-refractivity contribution in [3.8, 4) is 0 Å². The minimum absolute atomic E-state index is 0.170. The molecule has 1 unspecified atom stereocenters. The third-order valence-corrected chi connectivity index (χ3v) is 8.11. The van der Waals surface area contributed by atoms with Gasteiger partial charge in [0.15, 0.2) is 5.82 Å². The fourth-order valence-corrected chi connectivity index (χ4v) is 6.17. The maximum absolute atomic E-state index is 6.09. The number of nitrogens with zero attached hydrogens (tertiary/aromatic N) is 6. The fraction of sp³-hybridized carbons (Fsp3) is 0.241. The van der Waals surface area contributed by atoms with Crippen molar-refractivity contribution in [2.75, 3.05) is 17.3 Å². The van der Waals surface area contributed by atoms with Crippen LogP contribution in [-0.2, 0) is 0 Å². The summed E-state index contributed by atoms with van der Waals surface area (Å²) in [6, 6.07) is 25.3. The molecule has 3 aliphatic rings. The van der Waals surface area contributed by atoms with E-state index < -0.39 is 0 Å². The van der Waals surface area contributed by atoms with Gasteiger partial charge >= 0.3 is 0 Å². The molecule has 184 valence electrons. The Hall–Kier alpha value is -4.04. The Balaban J connectivity index is 1.48. The maximum Gasteiger partial charge on any atom is 0.208 e. The highest BCUT2D eigenvalue weighted by atomic mass is 32.1. The first kappa shape index (κ1) is 22.2. The van der Waals surface area contributed by atoms with Crippen LogP contribution in [0.15, 0.2) is 90.2 Å². The molecule has 0 radical (unpaired) electrons. The van der Waals surface area contributed by atoms with E-state index in [1.807, 2.05) is 43.7 Å². The van der Waals surface area contributed by atoms with Crippen LogP contribution in [0.5, 0.6) is 0 Å². The highest BCUT2D eigenvalue weighted by Crippen LogP contribution is 2.45. The maximum atomic E-state index is 6.09. The van der Waals surface area contributed by atoms with Gasteiger partial charge in [0.05, 0.1) is 17.6 Å². The number of anilines is 3. The molecule has 3 atom stereocenters. The van der Waals surface area contributed by atoms with Crippen LogP contribution in [-0.4, -0.2) is 49.7 Å². The van der Waals surface area contributed by atoms with Crippen molar-refractivity contribution < 1.29 is 0 Å². The van der Waals surface area contributed by atoms with Crippen molar-refractivity contribution >= 4 is 40.5 Å². The van der Waals surface area contributed by atoms with Crippen LogP contribution in [0.3, 0.4) is 0 Å². The number of aromatic nitrogens is 3. The molecular weight excluding hydrogens is 478 g/mol. The molecule has 2 aromatic carbocycles. The smallest absolute Gasteiger partial charge is 0.208 e. The third kappa shape index (κ3) is 3.54. The molecule has 2 aliphatic heterocycles. The minimum Gasteiger partial charge on any atom is -0.340 e. The Labute approximate surface area is 221 Å². The first-order chi connectivity index (χ1) is 18.2. The summed E-state index contributed by atoms with van der Waals surface area (Å²) in [7, 11) is 2.03. The number of pyridine rings is 1. The second-order valence-electron chi connectivity index (χ2n) is 9.81. The fourth-order valence-electron chi connectivity index (χ4n) is 5.90. The van der Waals surface area contributed by atoms with Crippen LogP contribution < -0.4 is 10.2 Å². The summed E-state index contributed by atoms with van der Waals surface area (Å²) in [6.07, 6.45) is 7.08. The Kier molecular flexibility index (Phi) is 5.28. The summed E-state index contributed by atoms with van der Waals surface area (Å²) in [6.45, 7) is 0. The van der Waals surface area contributed by atoms with Crippen molar-refractivity contribution in [2.45, 2.75) is 37.4 Å². The standard InChI is InChI=1S/C29H27N7S/c1-34-28(37)24-26(31-21-11-6-3-7-12-21)36(33-27(24)35-23-14-8-13-22(23)32-29(34)35)25(19-9-4-2-5-10-19)20-15-17-30-18-16-20/h2-7,9-12,15-18,22-23,25,31H,8,13-14H2,1H3/t22-,23+,25?/m1/s1. The van der Waals surface area contributed by atoms with Crippen molar-refractivity contribution in [1.29, 1.82) is 0 Å². The van der Waals surface area contributed by atoms with E-state index in [0.29, 0.717) is 12.1 Å². The first-order valence-corrected chi connectivity index (χ1v) is 13.2. The van der Waals surface area contributed by atoms with Gasteiger partial charge in [0.2, 0.25) is 5.96 Å². The monoisotopic (exact) mass is 505 g/mol. The molecule has 0 amide bonds. The largest absolute Gasteiger partial charge is 0.340 e. The van der Waals surface area contributed by atoms with Gasteiger partial charge in [-0.25, -0.2) is 9.67 Å². The number of benzene rings is 2. The van der Waals surface area contributed by atoms with Gasteiger partial charge in [-0.2, -0.15) is 5.10 Å². The van der Waals surface area contributed by atoms with E-state index in [1.165, 1.54) is 6.42 Å². The second-order valence-corrected chi connectivity index (χ2v) is 10.2. The zero-order chi connectivity index (χ0) is 24.9. The van der Waals surface area contributed by atoms with Crippen LogP contribution in [0.4, 0.5) is 17.3 Å². The van der Waals surface area contributed by atoms with Gasteiger partial charge < -0.3 is 10.2 Å². The molecule has 4 heterocycles. The molecule has 0 bridgehead atoms. The number of para-hydroxylation sites is 1. The SMILES string of the molecule is CN1C(=S)c2c(nn(C(c3ccccc3)c3ccncc3)c2Nc2ccccc2)N2C1=N[C@@H]1CCC[C@@H]12. The summed E-state index contributed by atoms with van der Waals surface area (Å²) < 4.78 is 2.10. The van der Waals surface area contributed by atoms with Gasteiger partial charge in [-0.05, 0) is 54.7 Å². The lowest BCUT2D eigenvalue weighted by Crippen LogP contribution is -2.51. The van der Waals surface area contributed by atoms with Crippen LogP contribution in [0, 0.1) is 0 Å². The summed E-state index contributed by atoms with van der Waals surface area (Å²) in [5, 5.41) is 9.05. The molecule has 1 saturated carbocycles. The molecular formula is C29H27N7S. The molecule has 0 spiro atoms. The summed E-state index contributed by atoms with van der Waals surface area (Å²) in [4.78, 5) is 14.5.